The summed E-state index contributed by atoms with van der Waals surface area (Å²) in [6, 6.07) is 13.4. The van der Waals surface area contributed by atoms with Gasteiger partial charge in [0.25, 0.3) is 0 Å². The normalized spacial score (nSPS) is 12.6. The van der Waals surface area contributed by atoms with E-state index in [0.29, 0.717) is 13.1 Å². The fourth-order valence-electron chi connectivity index (χ4n) is 2.76. The molecular formula is C20H26N6O2. The molecule has 3 aromatic rings. The van der Waals surface area contributed by atoms with Gasteiger partial charge < -0.3 is 20.1 Å². The lowest BCUT2D eigenvalue weighted by Gasteiger charge is -2.18. The van der Waals surface area contributed by atoms with Crippen LogP contribution in [0, 0.1) is 0 Å². The van der Waals surface area contributed by atoms with Crippen LogP contribution in [0.2, 0.25) is 0 Å². The van der Waals surface area contributed by atoms with E-state index in [4.69, 9.17) is 9.47 Å². The number of aliphatic imine (C=N–C) groups is 1. The van der Waals surface area contributed by atoms with Crippen molar-refractivity contribution < 1.29 is 9.47 Å². The highest BCUT2D eigenvalue weighted by atomic mass is 16.5. The predicted molar refractivity (Wildman–Crippen MR) is 109 cm³/mol. The van der Waals surface area contributed by atoms with Crippen molar-refractivity contribution >= 4 is 11.6 Å². The summed E-state index contributed by atoms with van der Waals surface area (Å²) in [6.45, 7) is 3.31. The third kappa shape index (κ3) is 5.12. The Hall–Kier alpha value is -3.29. The summed E-state index contributed by atoms with van der Waals surface area (Å²) in [5.74, 6) is 3.18. The fraction of sp³-hybridized carbons (Fsp3) is 0.350. The molecule has 0 saturated heterocycles. The number of nitrogens with zero attached hydrogens (tertiary/aromatic N) is 4. The van der Waals surface area contributed by atoms with Crippen LogP contribution in [-0.4, -0.2) is 53.9 Å². The Balaban J connectivity index is 1.44. The zero-order valence-corrected chi connectivity index (χ0v) is 16.4. The number of rotatable bonds is 8. The number of aromatic nitrogens is 3. The predicted octanol–water partition coefficient (Wildman–Crippen LogP) is 1.91. The minimum Gasteiger partial charge on any atom is -0.497 e. The summed E-state index contributed by atoms with van der Waals surface area (Å²) in [5.41, 5.74) is 0.850. The smallest absolute Gasteiger partial charge is 0.191 e. The number of hydrogen-bond acceptors (Lipinski definition) is 5. The Morgan fingerprint density at radius 2 is 2.00 bits per heavy atom. The monoisotopic (exact) mass is 382 g/mol. The molecule has 8 nitrogen and oxygen atoms in total. The molecule has 1 aromatic carbocycles. The Kier molecular flexibility index (Phi) is 6.67. The molecular weight excluding hydrogens is 356 g/mol. The number of benzene rings is 1. The van der Waals surface area contributed by atoms with Crippen LogP contribution in [0.25, 0.3) is 5.65 Å². The molecule has 3 rings (SSSR count). The SMILES string of the molecule is CN=C(NCCc1nnc2ccccn12)NCC(C)Oc1cccc(OC)c1. The minimum absolute atomic E-state index is 0.0360. The van der Waals surface area contributed by atoms with Crippen molar-refractivity contribution in [3.63, 3.8) is 0 Å². The molecule has 0 amide bonds. The first-order valence-corrected chi connectivity index (χ1v) is 9.23. The second-order valence-electron chi connectivity index (χ2n) is 6.28. The van der Waals surface area contributed by atoms with Crippen LogP contribution in [0.3, 0.4) is 0 Å². The molecule has 148 valence electrons. The number of hydrogen-bond donors (Lipinski definition) is 2. The number of guanidine groups is 1. The highest BCUT2D eigenvalue weighted by Crippen LogP contribution is 2.19. The third-order valence-electron chi connectivity index (χ3n) is 4.18. The van der Waals surface area contributed by atoms with Gasteiger partial charge in [0.15, 0.2) is 11.6 Å². The van der Waals surface area contributed by atoms with Crippen molar-refractivity contribution in [2.45, 2.75) is 19.4 Å². The van der Waals surface area contributed by atoms with E-state index in [1.807, 2.05) is 60.0 Å². The van der Waals surface area contributed by atoms with E-state index >= 15 is 0 Å². The molecule has 2 aromatic heterocycles. The van der Waals surface area contributed by atoms with Gasteiger partial charge in [0.2, 0.25) is 0 Å². The standard InChI is InChI=1S/C20H26N6O2/c1-15(28-17-8-6-7-16(13-17)27-3)14-23-20(21-2)22-11-10-19-25-24-18-9-4-5-12-26(18)19/h4-9,12-13,15H,10-11,14H2,1-3H3,(H2,21,22,23). The zero-order valence-electron chi connectivity index (χ0n) is 16.4. The lowest BCUT2D eigenvalue weighted by molar-refractivity contribution is 0.223. The van der Waals surface area contributed by atoms with Crippen molar-refractivity contribution in [1.29, 1.82) is 0 Å². The van der Waals surface area contributed by atoms with E-state index in [1.54, 1.807) is 14.2 Å². The Morgan fingerprint density at radius 1 is 1.14 bits per heavy atom. The van der Waals surface area contributed by atoms with Gasteiger partial charge in [-0.05, 0) is 31.2 Å². The van der Waals surface area contributed by atoms with Gasteiger partial charge in [-0.2, -0.15) is 0 Å². The zero-order chi connectivity index (χ0) is 19.8. The van der Waals surface area contributed by atoms with Crippen molar-refractivity contribution in [1.82, 2.24) is 25.2 Å². The summed E-state index contributed by atoms with van der Waals surface area (Å²) in [5, 5.41) is 15.0. The molecule has 0 aliphatic rings. The molecule has 28 heavy (non-hydrogen) atoms. The molecule has 0 bridgehead atoms. The summed E-state index contributed by atoms with van der Waals surface area (Å²) in [6.07, 6.45) is 2.67. The van der Waals surface area contributed by atoms with E-state index in [-0.39, 0.29) is 6.10 Å². The highest BCUT2D eigenvalue weighted by molar-refractivity contribution is 5.79. The summed E-state index contributed by atoms with van der Waals surface area (Å²) in [4.78, 5) is 4.25. The van der Waals surface area contributed by atoms with E-state index in [1.165, 1.54) is 0 Å². The van der Waals surface area contributed by atoms with Gasteiger partial charge in [-0.25, -0.2) is 0 Å². The van der Waals surface area contributed by atoms with Crippen LogP contribution in [0.5, 0.6) is 11.5 Å². The van der Waals surface area contributed by atoms with Crippen LogP contribution in [0.1, 0.15) is 12.7 Å². The molecule has 2 heterocycles. The molecule has 1 unspecified atom stereocenters. The number of methoxy groups -OCH3 is 1. The van der Waals surface area contributed by atoms with Crippen molar-refractivity contribution in [2.75, 3.05) is 27.2 Å². The van der Waals surface area contributed by atoms with Crippen molar-refractivity contribution in [2.24, 2.45) is 4.99 Å². The molecule has 0 saturated carbocycles. The van der Waals surface area contributed by atoms with Gasteiger partial charge in [-0.15, -0.1) is 10.2 Å². The van der Waals surface area contributed by atoms with Crippen LogP contribution in [-0.2, 0) is 6.42 Å². The number of fused-ring (bicyclic) bond motifs is 1. The number of ether oxygens (including phenoxy) is 2. The fourth-order valence-corrected chi connectivity index (χ4v) is 2.76. The van der Waals surface area contributed by atoms with Crippen LogP contribution < -0.4 is 20.1 Å². The molecule has 2 N–H and O–H groups in total. The van der Waals surface area contributed by atoms with Gasteiger partial charge in [0.05, 0.1) is 13.7 Å². The van der Waals surface area contributed by atoms with Crippen LogP contribution >= 0.6 is 0 Å². The average molecular weight is 382 g/mol. The van der Waals surface area contributed by atoms with Gasteiger partial charge in [0.1, 0.15) is 23.4 Å². The first-order chi connectivity index (χ1) is 13.7. The van der Waals surface area contributed by atoms with Crippen LogP contribution in [0.4, 0.5) is 0 Å². The second-order valence-corrected chi connectivity index (χ2v) is 6.28. The molecule has 1 atom stereocenters. The van der Waals surface area contributed by atoms with Gasteiger partial charge in [-0.1, -0.05) is 12.1 Å². The topological polar surface area (TPSA) is 85.1 Å². The quantitative estimate of drug-likeness (QED) is 0.457. The van der Waals surface area contributed by atoms with E-state index < -0.39 is 0 Å². The largest absolute Gasteiger partial charge is 0.497 e. The molecule has 8 heteroatoms. The lowest BCUT2D eigenvalue weighted by Crippen LogP contribution is -2.42. The van der Waals surface area contributed by atoms with Crippen LogP contribution in [0.15, 0.2) is 53.7 Å². The first kappa shape index (κ1) is 19.5. The molecule has 0 aliphatic carbocycles. The van der Waals surface area contributed by atoms with Crippen molar-refractivity contribution in [3.05, 3.63) is 54.5 Å². The molecule has 0 spiro atoms. The maximum Gasteiger partial charge on any atom is 0.191 e. The molecule has 0 radical (unpaired) electrons. The Morgan fingerprint density at radius 3 is 2.82 bits per heavy atom. The number of pyridine rings is 1. The maximum atomic E-state index is 5.92. The van der Waals surface area contributed by atoms with E-state index in [2.05, 4.69) is 25.8 Å². The maximum absolute atomic E-state index is 5.92. The molecule has 0 aliphatic heterocycles. The minimum atomic E-state index is -0.0360. The van der Waals surface area contributed by atoms with Gasteiger partial charge >= 0.3 is 0 Å². The highest BCUT2D eigenvalue weighted by Gasteiger charge is 2.08. The lowest BCUT2D eigenvalue weighted by atomic mass is 10.3. The van der Waals surface area contributed by atoms with Gasteiger partial charge in [-0.3, -0.25) is 9.39 Å². The van der Waals surface area contributed by atoms with E-state index in [9.17, 15) is 0 Å². The summed E-state index contributed by atoms with van der Waals surface area (Å²) >= 11 is 0. The number of nitrogens with one attached hydrogen (secondary N) is 2. The van der Waals surface area contributed by atoms with E-state index in [0.717, 1.165) is 35.4 Å². The Bertz CT molecular complexity index is 924. The summed E-state index contributed by atoms with van der Waals surface area (Å²) < 4.78 is 13.1. The molecule has 0 fully saturated rings. The Labute approximate surface area is 164 Å². The second kappa shape index (κ2) is 9.59. The summed E-state index contributed by atoms with van der Waals surface area (Å²) in [7, 11) is 3.39. The first-order valence-electron chi connectivity index (χ1n) is 9.23. The van der Waals surface area contributed by atoms with Gasteiger partial charge in [0, 0.05) is 32.3 Å². The van der Waals surface area contributed by atoms with Crippen molar-refractivity contribution in [3.8, 4) is 11.5 Å². The average Bonchev–Trinajstić information content (AvgIpc) is 3.14. The third-order valence-corrected chi connectivity index (χ3v) is 4.18.